The highest BCUT2D eigenvalue weighted by molar-refractivity contribution is 5.98. The lowest BCUT2D eigenvalue weighted by molar-refractivity contribution is -0.127. The normalized spacial score (nSPS) is 19.8. The van der Waals surface area contributed by atoms with Crippen LogP contribution in [0.15, 0.2) is 10.5 Å². The monoisotopic (exact) mass is 306 g/mol. The lowest BCUT2D eigenvalue weighted by Crippen LogP contribution is -2.53. The van der Waals surface area contributed by atoms with Crippen LogP contribution in [0.2, 0.25) is 0 Å². The van der Waals surface area contributed by atoms with Gasteiger partial charge in [-0.3, -0.25) is 9.59 Å². The molecule has 5 nitrogen and oxygen atoms in total. The molecule has 2 rings (SSSR count). The van der Waals surface area contributed by atoms with Crippen LogP contribution in [0.1, 0.15) is 61.4 Å². The third-order valence-corrected chi connectivity index (χ3v) is 4.34. The number of piperidine rings is 1. The SMILES string of the molecule is CC[C@@H](C)NC(=O)[C@H]1CCCCN1C(=O)c1cc(C)oc1C. The fourth-order valence-corrected chi connectivity index (χ4v) is 2.89. The summed E-state index contributed by atoms with van der Waals surface area (Å²) < 4.78 is 5.46. The van der Waals surface area contributed by atoms with Crippen molar-refractivity contribution in [2.45, 2.75) is 65.5 Å². The first-order valence-corrected chi connectivity index (χ1v) is 8.12. The molecule has 1 aliphatic heterocycles. The summed E-state index contributed by atoms with van der Waals surface area (Å²) in [6.45, 7) is 8.26. The van der Waals surface area contributed by atoms with Crippen LogP contribution in [0, 0.1) is 13.8 Å². The average Bonchev–Trinajstić information content (AvgIpc) is 2.84. The van der Waals surface area contributed by atoms with E-state index in [1.54, 1.807) is 17.9 Å². The molecule has 5 heteroatoms. The van der Waals surface area contributed by atoms with Gasteiger partial charge in [0.05, 0.1) is 5.56 Å². The largest absolute Gasteiger partial charge is 0.466 e. The van der Waals surface area contributed by atoms with Gasteiger partial charge in [-0.15, -0.1) is 0 Å². The first-order chi connectivity index (χ1) is 10.4. The number of likely N-dealkylation sites (tertiary alicyclic amines) is 1. The predicted molar refractivity (Wildman–Crippen MR) is 84.8 cm³/mol. The van der Waals surface area contributed by atoms with E-state index in [9.17, 15) is 9.59 Å². The minimum absolute atomic E-state index is 0.0414. The van der Waals surface area contributed by atoms with Crippen LogP contribution in [-0.4, -0.2) is 35.3 Å². The zero-order chi connectivity index (χ0) is 16.3. The Balaban J connectivity index is 2.17. The summed E-state index contributed by atoms with van der Waals surface area (Å²) >= 11 is 0. The van der Waals surface area contributed by atoms with Crippen molar-refractivity contribution >= 4 is 11.8 Å². The molecule has 1 aromatic rings. The minimum atomic E-state index is -0.371. The first-order valence-electron chi connectivity index (χ1n) is 8.12. The number of hydrogen-bond donors (Lipinski definition) is 1. The van der Waals surface area contributed by atoms with Crippen LogP contribution in [0.5, 0.6) is 0 Å². The Morgan fingerprint density at radius 2 is 2.14 bits per heavy atom. The summed E-state index contributed by atoms with van der Waals surface area (Å²) in [5, 5.41) is 3.00. The molecular weight excluding hydrogens is 280 g/mol. The second-order valence-electron chi connectivity index (χ2n) is 6.15. The highest BCUT2D eigenvalue weighted by Gasteiger charge is 2.34. The second-order valence-corrected chi connectivity index (χ2v) is 6.15. The maximum atomic E-state index is 12.8. The van der Waals surface area contributed by atoms with E-state index >= 15 is 0 Å². The first kappa shape index (κ1) is 16.6. The highest BCUT2D eigenvalue weighted by Crippen LogP contribution is 2.23. The summed E-state index contributed by atoms with van der Waals surface area (Å²) in [6, 6.07) is 1.52. The van der Waals surface area contributed by atoms with E-state index in [4.69, 9.17) is 4.42 Å². The van der Waals surface area contributed by atoms with Crippen molar-refractivity contribution in [3.05, 3.63) is 23.2 Å². The maximum Gasteiger partial charge on any atom is 0.258 e. The van der Waals surface area contributed by atoms with Gasteiger partial charge in [0, 0.05) is 12.6 Å². The van der Waals surface area contributed by atoms with E-state index in [0.29, 0.717) is 17.9 Å². The molecule has 1 N–H and O–H groups in total. The van der Waals surface area contributed by atoms with E-state index in [2.05, 4.69) is 5.32 Å². The van der Waals surface area contributed by atoms with Crippen LogP contribution in [0.4, 0.5) is 0 Å². The predicted octanol–water partition coefficient (Wildman–Crippen LogP) is 2.81. The van der Waals surface area contributed by atoms with Crippen molar-refractivity contribution in [1.29, 1.82) is 0 Å². The van der Waals surface area contributed by atoms with Crippen molar-refractivity contribution in [2.24, 2.45) is 0 Å². The molecule has 2 atom stereocenters. The number of carbonyl (C=O) groups excluding carboxylic acids is 2. The Morgan fingerprint density at radius 1 is 1.41 bits per heavy atom. The van der Waals surface area contributed by atoms with Gasteiger partial charge in [0.15, 0.2) is 0 Å². The molecule has 0 saturated carbocycles. The third-order valence-electron chi connectivity index (χ3n) is 4.34. The van der Waals surface area contributed by atoms with Gasteiger partial charge in [-0.05, 0) is 52.5 Å². The summed E-state index contributed by atoms with van der Waals surface area (Å²) in [6.07, 6.45) is 3.52. The molecule has 0 unspecified atom stereocenters. The molecule has 2 amide bonds. The number of aryl methyl sites for hydroxylation is 2. The molecular formula is C17H26N2O3. The lowest BCUT2D eigenvalue weighted by atomic mass is 9.99. The summed E-state index contributed by atoms with van der Waals surface area (Å²) in [5.74, 6) is 1.20. The quantitative estimate of drug-likeness (QED) is 0.930. The average molecular weight is 306 g/mol. The molecule has 0 bridgehead atoms. The molecule has 0 spiro atoms. The number of nitrogens with one attached hydrogen (secondary N) is 1. The van der Waals surface area contributed by atoms with Gasteiger partial charge in [-0.2, -0.15) is 0 Å². The topological polar surface area (TPSA) is 62.6 Å². The Bertz CT molecular complexity index is 550. The number of furan rings is 1. The molecule has 122 valence electrons. The molecule has 0 aliphatic carbocycles. The zero-order valence-corrected chi connectivity index (χ0v) is 13.9. The van der Waals surface area contributed by atoms with Gasteiger partial charge in [-0.25, -0.2) is 0 Å². The van der Waals surface area contributed by atoms with Crippen molar-refractivity contribution in [3.63, 3.8) is 0 Å². The molecule has 0 radical (unpaired) electrons. The number of hydrogen-bond acceptors (Lipinski definition) is 3. The number of nitrogens with zero attached hydrogens (tertiary/aromatic N) is 1. The molecule has 1 aromatic heterocycles. The maximum absolute atomic E-state index is 12.8. The fourth-order valence-electron chi connectivity index (χ4n) is 2.89. The molecule has 0 aromatic carbocycles. The van der Waals surface area contributed by atoms with Gasteiger partial charge in [0.25, 0.3) is 5.91 Å². The van der Waals surface area contributed by atoms with Gasteiger partial charge in [0.2, 0.25) is 5.91 Å². The summed E-state index contributed by atoms with van der Waals surface area (Å²) in [4.78, 5) is 27.0. The Hall–Kier alpha value is -1.78. The highest BCUT2D eigenvalue weighted by atomic mass is 16.3. The van der Waals surface area contributed by atoms with Gasteiger partial charge < -0.3 is 14.6 Å². The van der Waals surface area contributed by atoms with Crippen molar-refractivity contribution in [1.82, 2.24) is 10.2 Å². The van der Waals surface area contributed by atoms with Crippen molar-refractivity contribution in [3.8, 4) is 0 Å². The summed E-state index contributed by atoms with van der Waals surface area (Å²) in [5.41, 5.74) is 0.570. The van der Waals surface area contributed by atoms with Crippen molar-refractivity contribution < 1.29 is 14.0 Å². The summed E-state index contributed by atoms with van der Waals surface area (Å²) in [7, 11) is 0. The standard InChI is InChI=1S/C17H26N2O3/c1-5-11(2)18-16(20)15-8-6-7-9-19(15)17(21)14-10-12(3)22-13(14)4/h10-11,15H,5-9H2,1-4H3,(H,18,20)/t11-,15-/m1/s1. The molecule has 22 heavy (non-hydrogen) atoms. The molecule has 1 saturated heterocycles. The third kappa shape index (κ3) is 3.51. The lowest BCUT2D eigenvalue weighted by Gasteiger charge is -2.35. The van der Waals surface area contributed by atoms with E-state index < -0.39 is 0 Å². The molecule has 1 fully saturated rings. The van der Waals surface area contributed by atoms with Gasteiger partial charge >= 0.3 is 0 Å². The number of carbonyl (C=O) groups is 2. The van der Waals surface area contributed by atoms with Gasteiger partial charge in [0.1, 0.15) is 17.6 Å². The number of rotatable bonds is 4. The van der Waals surface area contributed by atoms with Crippen LogP contribution >= 0.6 is 0 Å². The molecule has 2 heterocycles. The minimum Gasteiger partial charge on any atom is -0.466 e. The van der Waals surface area contributed by atoms with Gasteiger partial charge in [-0.1, -0.05) is 6.92 Å². The Morgan fingerprint density at radius 3 is 2.73 bits per heavy atom. The number of amides is 2. The second kappa shape index (κ2) is 6.99. The molecule has 1 aliphatic rings. The smallest absolute Gasteiger partial charge is 0.258 e. The van der Waals surface area contributed by atoms with E-state index in [1.165, 1.54) is 0 Å². The zero-order valence-electron chi connectivity index (χ0n) is 13.9. The van der Waals surface area contributed by atoms with E-state index in [0.717, 1.165) is 31.4 Å². The van der Waals surface area contributed by atoms with Crippen LogP contribution in [0.3, 0.4) is 0 Å². The Labute approximate surface area is 132 Å². The van der Waals surface area contributed by atoms with Crippen LogP contribution in [0.25, 0.3) is 0 Å². The van der Waals surface area contributed by atoms with Crippen molar-refractivity contribution in [2.75, 3.05) is 6.54 Å². The van der Waals surface area contributed by atoms with E-state index in [-0.39, 0.29) is 23.9 Å². The van der Waals surface area contributed by atoms with Crippen LogP contribution in [-0.2, 0) is 4.79 Å². The van der Waals surface area contributed by atoms with Crippen LogP contribution < -0.4 is 5.32 Å². The van der Waals surface area contributed by atoms with E-state index in [1.807, 2.05) is 20.8 Å². The Kier molecular flexibility index (Phi) is 5.27. The fraction of sp³-hybridized carbons (Fsp3) is 0.647.